The molecule has 0 aliphatic heterocycles. The second kappa shape index (κ2) is 6.55. The molecular formula is C16H24INO. The van der Waals surface area contributed by atoms with Gasteiger partial charge in [0.1, 0.15) is 0 Å². The second-order valence-corrected chi connectivity index (χ2v) is 7.15. The van der Waals surface area contributed by atoms with Gasteiger partial charge in [0.15, 0.2) is 0 Å². The van der Waals surface area contributed by atoms with Crippen LogP contribution in [-0.2, 0) is 6.42 Å². The summed E-state index contributed by atoms with van der Waals surface area (Å²) in [6, 6.07) is 8.51. The molecule has 19 heavy (non-hydrogen) atoms. The minimum absolute atomic E-state index is 0.0265. The number of rotatable bonds is 4. The van der Waals surface area contributed by atoms with Crippen LogP contribution in [0.4, 0.5) is 0 Å². The molecule has 3 heteroatoms. The van der Waals surface area contributed by atoms with Gasteiger partial charge in [-0.05, 0) is 67.2 Å². The molecule has 2 rings (SSSR count). The lowest BCUT2D eigenvalue weighted by molar-refractivity contribution is -0.0310. The number of halogens is 1. The van der Waals surface area contributed by atoms with Crippen LogP contribution in [0, 0.1) is 3.57 Å². The first-order valence-electron chi connectivity index (χ1n) is 7.14. The average molecular weight is 373 g/mol. The zero-order valence-electron chi connectivity index (χ0n) is 11.9. The highest BCUT2D eigenvalue weighted by molar-refractivity contribution is 14.1. The van der Waals surface area contributed by atoms with Gasteiger partial charge in [-0.3, -0.25) is 0 Å². The third-order valence-corrected chi connectivity index (χ3v) is 5.29. The number of hydrogen-bond donors (Lipinski definition) is 1. The van der Waals surface area contributed by atoms with E-state index >= 15 is 0 Å². The van der Waals surface area contributed by atoms with Gasteiger partial charge in [-0.2, -0.15) is 0 Å². The molecule has 1 fully saturated rings. The van der Waals surface area contributed by atoms with Gasteiger partial charge in [-0.15, -0.1) is 0 Å². The van der Waals surface area contributed by atoms with E-state index < -0.39 is 0 Å². The average Bonchev–Trinajstić information content (AvgIpc) is 2.42. The SMILES string of the molecule is CN(C)C1(C(O)Cc2ccc(I)cc2)CCCCC1. The molecule has 1 atom stereocenters. The van der Waals surface area contributed by atoms with Crippen molar-refractivity contribution in [2.75, 3.05) is 14.1 Å². The second-order valence-electron chi connectivity index (χ2n) is 5.91. The number of benzene rings is 1. The lowest BCUT2D eigenvalue weighted by Gasteiger charge is -2.46. The number of aliphatic hydroxyl groups is 1. The Labute approximate surface area is 130 Å². The lowest BCUT2D eigenvalue weighted by atomic mass is 9.75. The Balaban J connectivity index is 2.11. The monoisotopic (exact) mass is 373 g/mol. The molecule has 106 valence electrons. The fourth-order valence-electron chi connectivity index (χ4n) is 3.28. The first-order chi connectivity index (χ1) is 9.04. The van der Waals surface area contributed by atoms with Crippen LogP contribution in [0.25, 0.3) is 0 Å². The predicted molar refractivity (Wildman–Crippen MR) is 88.4 cm³/mol. The Bertz CT molecular complexity index is 396. The molecule has 0 bridgehead atoms. The molecule has 1 N–H and O–H groups in total. The molecule has 0 heterocycles. The molecule has 1 aliphatic carbocycles. The van der Waals surface area contributed by atoms with Crippen LogP contribution in [0.5, 0.6) is 0 Å². The van der Waals surface area contributed by atoms with Gasteiger partial charge in [0.25, 0.3) is 0 Å². The maximum absolute atomic E-state index is 10.8. The fraction of sp³-hybridized carbons (Fsp3) is 0.625. The van der Waals surface area contributed by atoms with E-state index in [9.17, 15) is 5.11 Å². The molecule has 1 aromatic carbocycles. The normalized spacial score (nSPS) is 20.5. The van der Waals surface area contributed by atoms with Crippen LogP contribution in [0.3, 0.4) is 0 Å². The van der Waals surface area contributed by atoms with Crippen molar-refractivity contribution in [1.29, 1.82) is 0 Å². The van der Waals surface area contributed by atoms with Gasteiger partial charge in [0.2, 0.25) is 0 Å². The molecule has 1 aliphatic rings. The van der Waals surface area contributed by atoms with Gasteiger partial charge in [0.05, 0.1) is 6.10 Å². The fourth-order valence-corrected chi connectivity index (χ4v) is 3.64. The van der Waals surface area contributed by atoms with E-state index in [0.717, 1.165) is 19.3 Å². The predicted octanol–water partition coefficient (Wildman–Crippen LogP) is 3.46. The maximum Gasteiger partial charge on any atom is 0.0763 e. The summed E-state index contributed by atoms with van der Waals surface area (Å²) in [5.74, 6) is 0. The largest absolute Gasteiger partial charge is 0.391 e. The van der Waals surface area contributed by atoms with E-state index in [1.807, 2.05) is 0 Å². The van der Waals surface area contributed by atoms with E-state index in [4.69, 9.17) is 0 Å². The van der Waals surface area contributed by atoms with Crippen molar-refractivity contribution in [3.8, 4) is 0 Å². The third kappa shape index (κ3) is 3.50. The highest BCUT2D eigenvalue weighted by atomic mass is 127. The first kappa shape index (κ1) is 15.3. The Kier molecular flexibility index (Phi) is 5.26. The summed E-state index contributed by atoms with van der Waals surface area (Å²) >= 11 is 2.32. The molecule has 2 nitrogen and oxygen atoms in total. The summed E-state index contributed by atoms with van der Waals surface area (Å²) < 4.78 is 1.25. The van der Waals surface area contributed by atoms with Gasteiger partial charge >= 0.3 is 0 Å². The van der Waals surface area contributed by atoms with Crippen molar-refractivity contribution in [2.24, 2.45) is 0 Å². The lowest BCUT2D eigenvalue weighted by Crippen LogP contribution is -2.55. The number of nitrogens with zero attached hydrogens (tertiary/aromatic N) is 1. The summed E-state index contributed by atoms with van der Waals surface area (Å²) in [5, 5.41) is 10.8. The zero-order valence-corrected chi connectivity index (χ0v) is 14.1. The van der Waals surface area contributed by atoms with Crippen molar-refractivity contribution < 1.29 is 5.11 Å². The van der Waals surface area contributed by atoms with Gasteiger partial charge in [-0.25, -0.2) is 0 Å². The summed E-state index contributed by atoms with van der Waals surface area (Å²) in [6.07, 6.45) is 6.50. The minimum atomic E-state index is -0.275. The van der Waals surface area contributed by atoms with E-state index in [-0.39, 0.29) is 11.6 Å². The van der Waals surface area contributed by atoms with Crippen LogP contribution < -0.4 is 0 Å². The quantitative estimate of drug-likeness (QED) is 0.818. The standard InChI is InChI=1S/C16H24INO/c1-18(2)16(10-4-3-5-11-16)15(19)12-13-6-8-14(17)9-7-13/h6-9,15,19H,3-5,10-12H2,1-2H3. The minimum Gasteiger partial charge on any atom is -0.391 e. The number of hydrogen-bond acceptors (Lipinski definition) is 2. The highest BCUT2D eigenvalue weighted by Gasteiger charge is 2.40. The van der Waals surface area contributed by atoms with E-state index in [2.05, 4.69) is 65.9 Å². The highest BCUT2D eigenvalue weighted by Crippen LogP contribution is 2.36. The molecule has 0 saturated heterocycles. The summed E-state index contributed by atoms with van der Waals surface area (Å²) in [6.45, 7) is 0. The molecule has 1 unspecified atom stereocenters. The van der Waals surface area contributed by atoms with Crippen LogP contribution in [0.2, 0.25) is 0 Å². The van der Waals surface area contributed by atoms with Gasteiger partial charge in [-0.1, -0.05) is 31.4 Å². The zero-order chi connectivity index (χ0) is 13.9. The molecule has 0 amide bonds. The number of likely N-dealkylation sites (N-methyl/N-ethyl adjacent to an activating group) is 1. The molecule has 0 aromatic heterocycles. The molecule has 1 aromatic rings. The van der Waals surface area contributed by atoms with Crippen LogP contribution in [0.1, 0.15) is 37.7 Å². The van der Waals surface area contributed by atoms with Gasteiger partial charge < -0.3 is 10.0 Å². The molecule has 1 saturated carbocycles. The van der Waals surface area contributed by atoms with Crippen molar-refractivity contribution in [2.45, 2.75) is 50.2 Å². The molecule has 0 radical (unpaired) electrons. The Morgan fingerprint density at radius 1 is 1.16 bits per heavy atom. The molecular weight excluding hydrogens is 349 g/mol. The van der Waals surface area contributed by atoms with Crippen LogP contribution >= 0.6 is 22.6 Å². The summed E-state index contributed by atoms with van der Waals surface area (Å²) in [5.41, 5.74) is 1.21. The smallest absolute Gasteiger partial charge is 0.0763 e. The van der Waals surface area contributed by atoms with Crippen molar-refractivity contribution in [3.05, 3.63) is 33.4 Å². The topological polar surface area (TPSA) is 23.5 Å². The molecule has 0 spiro atoms. The number of aliphatic hydroxyl groups excluding tert-OH is 1. The van der Waals surface area contributed by atoms with E-state index in [0.29, 0.717) is 0 Å². The maximum atomic E-state index is 10.8. The van der Waals surface area contributed by atoms with Crippen LogP contribution in [-0.4, -0.2) is 35.7 Å². The van der Waals surface area contributed by atoms with Crippen molar-refractivity contribution >= 4 is 22.6 Å². The van der Waals surface area contributed by atoms with E-state index in [1.54, 1.807) is 0 Å². The Hall–Kier alpha value is -0.130. The van der Waals surface area contributed by atoms with Gasteiger partial charge in [0, 0.05) is 15.5 Å². The third-order valence-electron chi connectivity index (χ3n) is 4.57. The summed E-state index contributed by atoms with van der Waals surface area (Å²) in [7, 11) is 4.23. The Morgan fingerprint density at radius 2 is 1.74 bits per heavy atom. The first-order valence-corrected chi connectivity index (χ1v) is 8.22. The van der Waals surface area contributed by atoms with Crippen LogP contribution in [0.15, 0.2) is 24.3 Å². The summed E-state index contributed by atoms with van der Waals surface area (Å²) in [4.78, 5) is 2.25. The van der Waals surface area contributed by atoms with Crippen molar-refractivity contribution in [1.82, 2.24) is 4.90 Å². The Morgan fingerprint density at radius 3 is 2.26 bits per heavy atom. The van der Waals surface area contributed by atoms with E-state index in [1.165, 1.54) is 28.4 Å². The van der Waals surface area contributed by atoms with Crippen molar-refractivity contribution in [3.63, 3.8) is 0 Å².